The number of hydrogen-bond donors (Lipinski definition) is 3. The highest BCUT2D eigenvalue weighted by molar-refractivity contribution is 6.00. The second-order valence-electron chi connectivity index (χ2n) is 8.83. The van der Waals surface area contributed by atoms with Gasteiger partial charge in [-0.2, -0.15) is 5.10 Å². The summed E-state index contributed by atoms with van der Waals surface area (Å²) in [5.41, 5.74) is 1.24. The van der Waals surface area contributed by atoms with Crippen LogP contribution in [0.15, 0.2) is 54.7 Å². The average molecular weight is 539 g/mol. The van der Waals surface area contributed by atoms with Crippen LogP contribution in [0.2, 0.25) is 0 Å². The van der Waals surface area contributed by atoms with Crippen LogP contribution in [0.1, 0.15) is 41.5 Å². The number of rotatable bonds is 7. The van der Waals surface area contributed by atoms with Crippen LogP contribution in [0.5, 0.6) is 11.5 Å². The van der Waals surface area contributed by atoms with Gasteiger partial charge in [0.15, 0.2) is 0 Å². The second kappa shape index (κ2) is 11.3. The first-order valence-corrected chi connectivity index (χ1v) is 11.8. The molecule has 3 amide bonds. The lowest BCUT2D eigenvalue weighted by Crippen LogP contribution is -2.22. The quantitative estimate of drug-likeness (QED) is 0.271. The summed E-state index contributed by atoms with van der Waals surface area (Å²) in [5, 5.41) is 11.9. The molecule has 2 aromatic carbocycles. The van der Waals surface area contributed by atoms with E-state index in [0.29, 0.717) is 11.3 Å². The Bertz CT molecular complexity index is 1530. The molecule has 0 unspecified atom stereocenters. The maximum absolute atomic E-state index is 14.8. The van der Waals surface area contributed by atoms with E-state index < -0.39 is 29.4 Å². The van der Waals surface area contributed by atoms with Gasteiger partial charge in [0.1, 0.15) is 40.5 Å². The van der Waals surface area contributed by atoms with Gasteiger partial charge in [-0.15, -0.1) is 0 Å². The molecule has 0 saturated carbocycles. The van der Waals surface area contributed by atoms with Crippen LogP contribution in [0.4, 0.5) is 29.5 Å². The highest BCUT2D eigenvalue weighted by Gasteiger charge is 2.21. The molecule has 12 heteroatoms. The molecule has 4 rings (SSSR count). The van der Waals surface area contributed by atoms with Crippen molar-refractivity contribution >= 4 is 23.4 Å². The first-order valence-electron chi connectivity index (χ1n) is 11.8. The van der Waals surface area contributed by atoms with E-state index in [-0.39, 0.29) is 40.3 Å². The molecule has 0 aliphatic rings. The highest BCUT2D eigenvalue weighted by atomic mass is 19.1. The van der Waals surface area contributed by atoms with Crippen LogP contribution >= 0.6 is 0 Å². The number of carbonyl (C=O) groups is 2. The Morgan fingerprint density at radius 1 is 0.949 bits per heavy atom. The molecule has 0 bridgehead atoms. The van der Waals surface area contributed by atoms with E-state index in [0.717, 1.165) is 24.3 Å². The van der Waals surface area contributed by atoms with Crippen molar-refractivity contribution in [3.8, 4) is 17.2 Å². The minimum Gasteiger partial charge on any atom is -0.457 e. The van der Waals surface area contributed by atoms with Crippen molar-refractivity contribution in [3.63, 3.8) is 0 Å². The number of urea groups is 1. The van der Waals surface area contributed by atoms with Gasteiger partial charge in [-0.3, -0.25) is 15.1 Å². The summed E-state index contributed by atoms with van der Waals surface area (Å²) in [6.07, 6.45) is 1.38. The molecule has 9 nitrogen and oxygen atoms in total. The summed E-state index contributed by atoms with van der Waals surface area (Å²) < 4.78 is 49.5. The van der Waals surface area contributed by atoms with E-state index in [9.17, 15) is 22.8 Å². The molecule has 0 aliphatic carbocycles. The maximum atomic E-state index is 14.8. The largest absolute Gasteiger partial charge is 0.457 e. The summed E-state index contributed by atoms with van der Waals surface area (Å²) >= 11 is 0. The fourth-order valence-electron chi connectivity index (χ4n) is 3.84. The van der Waals surface area contributed by atoms with Gasteiger partial charge in [0, 0.05) is 37.0 Å². The van der Waals surface area contributed by atoms with Crippen molar-refractivity contribution in [1.82, 2.24) is 20.1 Å². The summed E-state index contributed by atoms with van der Waals surface area (Å²) in [6, 6.07) is 8.80. The van der Waals surface area contributed by atoms with Gasteiger partial charge in [0.2, 0.25) is 0 Å². The van der Waals surface area contributed by atoms with E-state index in [1.54, 1.807) is 6.92 Å². The molecule has 4 aromatic rings. The third kappa shape index (κ3) is 6.17. The molecule has 0 fully saturated rings. The molecule has 0 saturated heterocycles. The summed E-state index contributed by atoms with van der Waals surface area (Å²) in [6.45, 7) is 5.49. The molecule has 39 heavy (non-hydrogen) atoms. The van der Waals surface area contributed by atoms with Crippen LogP contribution in [-0.4, -0.2) is 33.8 Å². The lowest BCUT2D eigenvalue weighted by molar-refractivity contribution is 0.0957. The molecule has 0 atom stereocenters. The van der Waals surface area contributed by atoms with E-state index in [2.05, 4.69) is 26.0 Å². The predicted molar refractivity (Wildman–Crippen MR) is 139 cm³/mol. The summed E-state index contributed by atoms with van der Waals surface area (Å²) in [5.74, 6) is -2.30. The highest BCUT2D eigenvalue weighted by Crippen LogP contribution is 2.30. The number of benzene rings is 2. The number of hydrogen-bond acceptors (Lipinski definition) is 5. The molecule has 0 aliphatic heterocycles. The Balaban J connectivity index is 1.54. The average Bonchev–Trinajstić information content (AvgIpc) is 3.20. The number of ether oxygens (including phenoxy) is 1. The molecule has 2 heterocycles. The first-order chi connectivity index (χ1) is 18.5. The van der Waals surface area contributed by atoms with Crippen LogP contribution in [0.3, 0.4) is 0 Å². The predicted octanol–water partition coefficient (Wildman–Crippen LogP) is 5.91. The van der Waals surface area contributed by atoms with E-state index in [1.165, 1.54) is 42.2 Å². The van der Waals surface area contributed by atoms with Crippen molar-refractivity contribution < 1.29 is 27.5 Å². The fourth-order valence-corrected chi connectivity index (χ4v) is 3.84. The standard InChI is InChI=1S/C27H25F3N6O3/c1-14(2)24-15(3)25(36(35-24)18-10-16(28)9-17(29)11-18)34-27(38)33-22-6-5-19(12-21(22)30)39-20-7-8-32-23(13-20)26(37)31-4/h5-14H,1-4H3,(H,31,37)(H2,33,34,38). The fraction of sp³-hybridized carbons (Fsp3) is 0.185. The number of pyridine rings is 1. The monoisotopic (exact) mass is 538 g/mol. The number of carbonyl (C=O) groups excluding carboxylic acids is 2. The molecular weight excluding hydrogens is 513 g/mol. The van der Waals surface area contributed by atoms with Crippen molar-refractivity contribution in [3.05, 3.63) is 89.1 Å². The Morgan fingerprint density at radius 3 is 2.28 bits per heavy atom. The van der Waals surface area contributed by atoms with Gasteiger partial charge in [-0.25, -0.2) is 22.6 Å². The molecule has 2 aromatic heterocycles. The molecule has 3 N–H and O–H groups in total. The van der Waals surface area contributed by atoms with Crippen molar-refractivity contribution in [2.75, 3.05) is 17.7 Å². The molecule has 202 valence electrons. The summed E-state index contributed by atoms with van der Waals surface area (Å²) in [4.78, 5) is 28.5. The van der Waals surface area contributed by atoms with Crippen molar-refractivity contribution in [2.24, 2.45) is 0 Å². The lowest BCUT2D eigenvalue weighted by Gasteiger charge is -2.13. The minimum atomic E-state index is -0.805. The Labute approximate surface area is 222 Å². The van der Waals surface area contributed by atoms with Gasteiger partial charge in [-0.1, -0.05) is 13.8 Å². The minimum absolute atomic E-state index is 0.0499. The zero-order valence-corrected chi connectivity index (χ0v) is 21.5. The van der Waals surface area contributed by atoms with Gasteiger partial charge in [0.25, 0.3) is 5.91 Å². The first kappa shape index (κ1) is 27.2. The number of nitrogens with one attached hydrogen (secondary N) is 3. The Kier molecular flexibility index (Phi) is 7.84. The second-order valence-corrected chi connectivity index (χ2v) is 8.83. The topological polar surface area (TPSA) is 110 Å². The SMILES string of the molecule is CNC(=O)c1cc(Oc2ccc(NC(=O)Nc3c(C)c(C(C)C)nn3-c3cc(F)cc(F)c3)c(F)c2)ccn1. The summed E-state index contributed by atoms with van der Waals surface area (Å²) in [7, 11) is 1.47. The van der Waals surface area contributed by atoms with E-state index >= 15 is 0 Å². The normalized spacial score (nSPS) is 10.9. The van der Waals surface area contributed by atoms with Gasteiger partial charge in [0.05, 0.1) is 17.1 Å². The number of halogens is 3. The molecule has 0 radical (unpaired) electrons. The third-order valence-electron chi connectivity index (χ3n) is 5.65. The van der Waals surface area contributed by atoms with E-state index in [4.69, 9.17) is 4.74 Å². The zero-order valence-electron chi connectivity index (χ0n) is 21.5. The smallest absolute Gasteiger partial charge is 0.324 e. The van der Waals surface area contributed by atoms with Gasteiger partial charge >= 0.3 is 6.03 Å². The number of anilines is 2. The Morgan fingerprint density at radius 2 is 1.64 bits per heavy atom. The Hall–Kier alpha value is -4.87. The maximum Gasteiger partial charge on any atom is 0.324 e. The zero-order chi connectivity index (χ0) is 28.3. The van der Waals surface area contributed by atoms with Crippen LogP contribution in [0.25, 0.3) is 5.69 Å². The van der Waals surface area contributed by atoms with Crippen LogP contribution in [-0.2, 0) is 0 Å². The van der Waals surface area contributed by atoms with Crippen molar-refractivity contribution in [2.45, 2.75) is 26.7 Å². The number of amides is 3. The lowest BCUT2D eigenvalue weighted by atomic mass is 10.1. The molecule has 0 spiro atoms. The molecular formula is C27H25F3N6O3. The van der Waals surface area contributed by atoms with Crippen LogP contribution < -0.4 is 20.7 Å². The van der Waals surface area contributed by atoms with Gasteiger partial charge in [-0.05, 0) is 43.2 Å². The van der Waals surface area contributed by atoms with Crippen molar-refractivity contribution in [1.29, 1.82) is 0 Å². The number of nitrogens with zero attached hydrogens (tertiary/aromatic N) is 3. The number of aromatic nitrogens is 3. The third-order valence-corrected chi connectivity index (χ3v) is 5.65. The van der Waals surface area contributed by atoms with E-state index in [1.807, 2.05) is 13.8 Å². The van der Waals surface area contributed by atoms with Crippen LogP contribution in [0, 0.1) is 24.4 Å². The van der Waals surface area contributed by atoms with Gasteiger partial charge < -0.3 is 15.4 Å².